The summed E-state index contributed by atoms with van der Waals surface area (Å²) in [5, 5.41) is 0. The fraction of sp³-hybridized carbons (Fsp3) is 1.00. The zero-order valence-corrected chi connectivity index (χ0v) is 9.67. The molecule has 0 saturated carbocycles. The van der Waals surface area contributed by atoms with Crippen LogP contribution in [0.3, 0.4) is 0 Å². The van der Waals surface area contributed by atoms with Gasteiger partial charge in [-0.3, -0.25) is 0 Å². The molecule has 0 bridgehead atoms. The number of rotatable bonds is 3. The van der Waals surface area contributed by atoms with Crippen LogP contribution >= 0.6 is 0 Å². The lowest BCUT2D eigenvalue weighted by atomic mass is 10.3. The molecule has 1 aliphatic heterocycles. The highest BCUT2D eigenvalue weighted by Gasteiger charge is 2.30. The number of morpholine rings is 1. The van der Waals surface area contributed by atoms with E-state index in [1.165, 1.54) is 4.31 Å². The summed E-state index contributed by atoms with van der Waals surface area (Å²) in [6.07, 6.45) is -0.0700. The van der Waals surface area contributed by atoms with Crippen molar-refractivity contribution in [1.82, 2.24) is 9.03 Å². The van der Waals surface area contributed by atoms with E-state index in [2.05, 4.69) is 4.72 Å². The number of ether oxygens (including phenoxy) is 1. The Bertz CT molecular complexity index is 268. The third-order valence-electron chi connectivity index (χ3n) is 2.05. The molecule has 0 spiro atoms. The minimum Gasteiger partial charge on any atom is -0.373 e. The largest absolute Gasteiger partial charge is 0.373 e. The first-order valence-electron chi connectivity index (χ1n) is 4.86. The Kier molecular flexibility index (Phi) is 3.88. The smallest absolute Gasteiger partial charge is 0.279 e. The van der Waals surface area contributed by atoms with Crippen molar-refractivity contribution in [3.63, 3.8) is 0 Å². The molecule has 0 amide bonds. The molecule has 1 fully saturated rings. The van der Waals surface area contributed by atoms with E-state index in [0.29, 0.717) is 19.6 Å². The fourth-order valence-electron chi connectivity index (χ4n) is 1.60. The molecule has 1 N–H and O–H groups in total. The molecule has 1 saturated heterocycles. The van der Waals surface area contributed by atoms with E-state index >= 15 is 0 Å². The normalized spacial score (nSPS) is 30.5. The van der Waals surface area contributed by atoms with Gasteiger partial charge in [0.15, 0.2) is 0 Å². The van der Waals surface area contributed by atoms with E-state index < -0.39 is 10.2 Å². The summed E-state index contributed by atoms with van der Waals surface area (Å²) in [7, 11) is -3.30. The van der Waals surface area contributed by atoms with E-state index in [9.17, 15) is 8.42 Å². The highest BCUT2D eigenvalue weighted by Crippen LogP contribution is 2.13. The quantitative estimate of drug-likeness (QED) is 0.728. The SMILES string of the molecule is CCNS(=O)(=O)N1CC(C)OC(C)C1. The molecule has 0 aliphatic carbocycles. The highest BCUT2D eigenvalue weighted by atomic mass is 32.2. The van der Waals surface area contributed by atoms with Crippen LogP contribution in [-0.2, 0) is 14.9 Å². The van der Waals surface area contributed by atoms with Crippen molar-refractivity contribution in [3.05, 3.63) is 0 Å². The van der Waals surface area contributed by atoms with Crippen molar-refractivity contribution < 1.29 is 13.2 Å². The second kappa shape index (κ2) is 4.57. The lowest BCUT2D eigenvalue weighted by Crippen LogP contribution is -2.51. The molecule has 0 radical (unpaired) electrons. The maximum absolute atomic E-state index is 11.6. The third kappa shape index (κ3) is 2.91. The predicted octanol–water partition coefficient (Wildman–Crippen LogP) is -0.0501. The zero-order chi connectivity index (χ0) is 10.8. The van der Waals surface area contributed by atoms with Crippen LogP contribution in [0.25, 0.3) is 0 Å². The van der Waals surface area contributed by atoms with Crippen molar-refractivity contribution in [3.8, 4) is 0 Å². The number of nitrogens with zero attached hydrogens (tertiary/aromatic N) is 1. The summed E-state index contributed by atoms with van der Waals surface area (Å²) >= 11 is 0. The Morgan fingerprint density at radius 1 is 1.36 bits per heavy atom. The molecule has 1 aliphatic rings. The van der Waals surface area contributed by atoms with Crippen LogP contribution in [0.4, 0.5) is 0 Å². The summed E-state index contributed by atoms with van der Waals surface area (Å²) in [5.41, 5.74) is 0. The Morgan fingerprint density at radius 2 is 1.86 bits per heavy atom. The molecule has 1 rings (SSSR count). The lowest BCUT2D eigenvalue weighted by molar-refractivity contribution is -0.0443. The second-order valence-electron chi connectivity index (χ2n) is 3.58. The summed E-state index contributed by atoms with van der Waals surface area (Å²) in [5.74, 6) is 0. The molecule has 0 aromatic carbocycles. The van der Waals surface area contributed by atoms with Crippen molar-refractivity contribution in [2.45, 2.75) is 33.0 Å². The molecular weight excluding hydrogens is 204 g/mol. The number of nitrogens with one attached hydrogen (secondary N) is 1. The Balaban J connectivity index is 2.68. The standard InChI is InChI=1S/C8H18N2O3S/c1-4-9-14(11,12)10-5-7(2)13-8(3)6-10/h7-9H,4-6H2,1-3H3. The van der Waals surface area contributed by atoms with Gasteiger partial charge in [0.05, 0.1) is 12.2 Å². The topological polar surface area (TPSA) is 58.6 Å². The van der Waals surface area contributed by atoms with Gasteiger partial charge in [-0.15, -0.1) is 0 Å². The van der Waals surface area contributed by atoms with Crippen molar-refractivity contribution in [2.24, 2.45) is 0 Å². The van der Waals surface area contributed by atoms with E-state index in [4.69, 9.17) is 4.74 Å². The van der Waals surface area contributed by atoms with Crippen LogP contribution in [0, 0.1) is 0 Å². The van der Waals surface area contributed by atoms with Gasteiger partial charge in [0.1, 0.15) is 0 Å². The first kappa shape index (κ1) is 11.9. The number of hydrogen-bond acceptors (Lipinski definition) is 3. The molecule has 14 heavy (non-hydrogen) atoms. The van der Waals surface area contributed by atoms with Crippen LogP contribution < -0.4 is 4.72 Å². The van der Waals surface area contributed by atoms with Gasteiger partial charge in [-0.1, -0.05) is 6.92 Å². The van der Waals surface area contributed by atoms with Gasteiger partial charge < -0.3 is 4.74 Å². The molecule has 2 atom stereocenters. The van der Waals surface area contributed by atoms with Gasteiger partial charge in [0, 0.05) is 19.6 Å². The first-order chi connectivity index (χ1) is 6.45. The van der Waals surface area contributed by atoms with E-state index in [1.54, 1.807) is 6.92 Å². The minimum absolute atomic E-state index is 0.0350. The molecule has 1 heterocycles. The first-order valence-corrected chi connectivity index (χ1v) is 6.30. The van der Waals surface area contributed by atoms with E-state index in [-0.39, 0.29) is 12.2 Å². The van der Waals surface area contributed by atoms with Crippen molar-refractivity contribution in [2.75, 3.05) is 19.6 Å². The Morgan fingerprint density at radius 3 is 2.29 bits per heavy atom. The Labute approximate surface area is 85.6 Å². The predicted molar refractivity (Wildman–Crippen MR) is 54.2 cm³/mol. The van der Waals surface area contributed by atoms with Crippen LogP contribution in [0.15, 0.2) is 0 Å². The molecule has 5 nitrogen and oxygen atoms in total. The van der Waals surface area contributed by atoms with E-state index in [1.807, 2.05) is 13.8 Å². The van der Waals surface area contributed by atoms with Gasteiger partial charge in [-0.25, -0.2) is 4.72 Å². The minimum atomic E-state index is -3.30. The van der Waals surface area contributed by atoms with E-state index in [0.717, 1.165) is 0 Å². The molecule has 2 unspecified atom stereocenters. The zero-order valence-electron chi connectivity index (χ0n) is 8.86. The van der Waals surface area contributed by atoms with Crippen LogP contribution in [-0.4, -0.2) is 44.6 Å². The average molecular weight is 222 g/mol. The summed E-state index contributed by atoms with van der Waals surface area (Å²) in [4.78, 5) is 0. The summed E-state index contributed by atoms with van der Waals surface area (Å²) < 4.78 is 32.6. The van der Waals surface area contributed by atoms with Crippen LogP contribution in [0.1, 0.15) is 20.8 Å². The van der Waals surface area contributed by atoms with Gasteiger partial charge in [-0.05, 0) is 13.8 Å². The van der Waals surface area contributed by atoms with Crippen LogP contribution in [0.5, 0.6) is 0 Å². The Hall–Kier alpha value is -0.170. The van der Waals surface area contributed by atoms with Gasteiger partial charge in [0.25, 0.3) is 10.2 Å². The molecule has 6 heteroatoms. The average Bonchev–Trinajstić information content (AvgIpc) is 2.02. The maximum Gasteiger partial charge on any atom is 0.279 e. The molecule has 0 aromatic rings. The maximum atomic E-state index is 11.6. The van der Waals surface area contributed by atoms with Gasteiger partial charge >= 0.3 is 0 Å². The van der Waals surface area contributed by atoms with Crippen molar-refractivity contribution in [1.29, 1.82) is 0 Å². The number of hydrogen-bond donors (Lipinski definition) is 1. The lowest BCUT2D eigenvalue weighted by Gasteiger charge is -2.34. The van der Waals surface area contributed by atoms with Crippen molar-refractivity contribution >= 4 is 10.2 Å². The third-order valence-corrected chi connectivity index (χ3v) is 3.68. The molecular formula is C8H18N2O3S. The molecule has 84 valence electrons. The van der Waals surface area contributed by atoms with Gasteiger partial charge in [0.2, 0.25) is 0 Å². The summed E-state index contributed by atoms with van der Waals surface area (Å²) in [6, 6.07) is 0. The second-order valence-corrected chi connectivity index (χ2v) is 5.33. The fourth-order valence-corrected chi connectivity index (χ4v) is 2.96. The molecule has 0 aromatic heterocycles. The van der Waals surface area contributed by atoms with Gasteiger partial charge in [-0.2, -0.15) is 12.7 Å². The summed E-state index contributed by atoms with van der Waals surface area (Å²) in [6.45, 7) is 6.81. The monoisotopic (exact) mass is 222 g/mol. The van der Waals surface area contributed by atoms with Crippen LogP contribution in [0.2, 0.25) is 0 Å². The highest BCUT2D eigenvalue weighted by molar-refractivity contribution is 7.87.